The lowest BCUT2D eigenvalue weighted by molar-refractivity contribution is 0.0918. The number of aromatic nitrogens is 2. The molecule has 0 aromatic carbocycles. The summed E-state index contributed by atoms with van der Waals surface area (Å²) in [7, 11) is 0. The fourth-order valence-electron chi connectivity index (χ4n) is 1.45. The number of aromatic amines is 1. The summed E-state index contributed by atoms with van der Waals surface area (Å²) >= 11 is 0. The summed E-state index contributed by atoms with van der Waals surface area (Å²) in [5, 5.41) is 8.79. The molecule has 1 rings (SSSR count). The maximum absolute atomic E-state index is 11.7. The average molecular weight is 223 g/mol. The molecule has 88 valence electrons. The summed E-state index contributed by atoms with van der Waals surface area (Å²) in [6, 6.07) is 2.83. The van der Waals surface area contributed by atoms with Crippen molar-refractivity contribution in [3.05, 3.63) is 28.2 Å². The number of rotatable bonds is 4. The molecule has 1 atom stereocenters. The van der Waals surface area contributed by atoms with Crippen LogP contribution < -0.4 is 10.9 Å². The van der Waals surface area contributed by atoms with Crippen LogP contribution in [0, 0.1) is 5.92 Å². The van der Waals surface area contributed by atoms with Gasteiger partial charge in [-0.3, -0.25) is 9.59 Å². The number of carbonyl (C=O) groups is 1. The van der Waals surface area contributed by atoms with Gasteiger partial charge in [0, 0.05) is 12.1 Å². The minimum Gasteiger partial charge on any atom is -0.348 e. The highest BCUT2D eigenvalue weighted by Gasteiger charge is 2.15. The van der Waals surface area contributed by atoms with Gasteiger partial charge in [-0.1, -0.05) is 20.8 Å². The Labute approximate surface area is 94.3 Å². The van der Waals surface area contributed by atoms with Gasteiger partial charge in [-0.15, -0.1) is 0 Å². The molecule has 1 heterocycles. The van der Waals surface area contributed by atoms with E-state index in [4.69, 9.17) is 0 Å². The molecule has 0 spiro atoms. The van der Waals surface area contributed by atoms with Crippen molar-refractivity contribution >= 4 is 5.91 Å². The van der Waals surface area contributed by atoms with Gasteiger partial charge in [0.25, 0.3) is 11.5 Å². The number of nitrogens with zero attached hydrogens (tertiary/aromatic N) is 1. The van der Waals surface area contributed by atoms with E-state index >= 15 is 0 Å². The van der Waals surface area contributed by atoms with E-state index in [0.29, 0.717) is 5.92 Å². The third kappa shape index (κ3) is 3.18. The molecule has 1 aromatic heterocycles. The number of hydrogen-bond donors (Lipinski definition) is 2. The van der Waals surface area contributed by atoms with Crippen LogP contribution in [0.5, 0.6) is 0 Å². The quantitative estimate of drug-likeness (QED) is 0.797. The van der Waals surface area contributed by atoms with Gasteiger partial charge >= 0.3 is 0 Å². The Hall–Kier alpha value is -1.65. The van der Waals surface area contributed by atoms with Crippen LogP contribution in [0.25, 0.3) is 0 Å². The van der Waals surface area contributed by atoms with Crippen molar-refractivity contribution in [2.24, 2.45) is 5.92 Å². The van der Waals surface area contributed by atoms with Crippen molar-refractivity contribution in [2.75, 3.05) is 0 Å². The fraction of sp³-hybridized carbons (Fsp3) is 0.545. The highest BCUT2D eigenvalue weighted by atomic mass is 16.2. The maximum Gasteiger partial charge on any atom is 0.271 e. The Morgan fingerprint density at radius 1 is 1.50 bits per heavy atom. The van der Waals surface area contributed by atoms with Crippen molar-refractivity contribution in [1.29, 1.82) is 0 Å². The Balaban J connectivity index is 2.71. The standard InChI is InChI=1S/C11H17N3O2/c1-4-8(7(2)3)12-11(16)9-5-6-10(15)14-13-9/h5-8H,4H2,1-3H3,(H,12,16)(H,14,15)/t8-/m0/s1. The zero-order valence-electron chi connectivity index (χ0n) is 9.78. The van der Waals surface area contributed by atoms with E-state index in [1.807, 2.05) is 6.92 Å². The van der Waals surface area contributed by atoms with Crippen LogP contribution in [0.15, 0.2) is 16.9 Å². The number of amides is 1. The van der Waals surface area contributed by atoms with E-state index in [1.165, 1.54) is 12.1 Å². The number of carbonyl (C=O) groups excluding carboxylic acids is 1. The van der Waals surface area contributed by atoms with E-state index in [2.05, 4.69) is 29.4 Å². The normalized spacial score (nSPS) is 12.5. The summed E-state index contributed by atoms with van der Waals surface area (Å²) in [6.07, 6.45) is 0.868. The molecule has 0 unspecified atom stereocenters. The molecule has 2 N–H and O–H groups in total. The van der Waals surface area contributed by atoms with E-state index in [-0.39, 0.29) is 23.2 Å². The number of nitrogens with one attached hydrogen (secondary N) is 2. The van der Waals surface area contributed by atoms with Gasteiger partial charge in [0.2, 0.25) is 0 Å². The molecular weight excluding hydrogens is 206 g/mol. The first-order valence-electron chi connectivity index (χ1n) is 5.41. The van der Waals surface area contributed by atoms with Crippen LogP contribution in [0.3, 0.4) is 0 Å². The topological polar surface area (TPSA) is 74.8 Å². The van der Waals surface area contributed by atoms with Gasteiger partial charge in [-0.2, -0.15) is 5.10 Å². The molecule has 16 heavy (non-hydrogen) atoms. The van der Waals surface area contributed by atoms with Crippen LogP contribution in [-0.2, 0) is 0 Å². The minimum atomic E-state index is -0.313. The predicted molar refractivity (Wildman–Crippen MR) is 61.2 cm³/mol. The molecule has 1 amide bonds. The molecule has 0 aliphatic heterocycles. The highest BCUT2D eigenvalue weighted by Crippen LogP contribution is 2.06. The largest absolute Gasteiger partial charge is 0.348 e. The van der Waals surface area contributed by atoms with Gasteiger partial charge < -0.3 is 5.32 Å². The molecule has 0 bridgehead atoms. The minimum absolute atomic E-state index is 0.126. The number of H-pyrrole nitrogens is 1. The smallest absolute Gasteiger partial charge is 0.271 e. The van der Waals surface area contributed by atoms with Gasteiger partial charge in [-0.05, 0) is 18.4 Å². The van der Waals surface area contributed by atoms with Crippen molar-refractivity contribution in [2.45, 2.75) is 33.2 Å². The Kier molecular flexibility index (Phi) is 4.22. The first-order valence-corrected chi connectivity index (χ1v) is 5.41. The molecule has 0 radical (unpaired) electrons. The van der Waals surface area contributed by atoms with Crippen LogP contribution in [0.1, 0.15) is 37.7 Å². The highest BCUT2D eigenvalue weighted by molar-refractivity contribution is 5.92. The molecule has 0 aliphatic carbocycles. The lowest BCUT2D eigenvalue weighted by Gasteiger charge is -2.20. The van der Waals surface area contributed by atoms with Gasteiger partial charge in [0.1, 0.15) is 5.69 Å². The van der Waals surface area contributed by atoms with Crippen LogP contribution >= 0.6 is 0 Å². The third-order valence-electron chi connectivity index (χ3n) is 2.47. The second kappa shape index (κ2) is 5.44. The predicted octanol–water partition coefficient (Wildman–Crippen LogP) is 0.934. The summed E-state index contributed by atoms with van der Waals surface area (Å²) in [4.78, 5) is 22.5. The molecule has 1 aromatic rings. The second-order valence-electron chi connectivity index (χ2n) is 4.04. The molecule has 0 fully saturated rings. The van der Waals surface area contributed by atoms with Gasteiger partial charge in [0.05, 0.1) is 0 Å². The molecule has 5 heteroatoms. The lowest BCUT2D eigenvalue weighted by Crippen LogP contribution is -2.38. The lowest BCUT2D eigenvalue weighted by atomic mass is 10.0. The van der Waals surface area contributed by atoms with Crippen molar-refractivity contribution in [3.63, 3.8) is 0 Å². The van der Waals surface area contributed by atoms with E-state index in [1.54, 1.807) is 0 Å². The average Bonchev–Trinajstić information content (AvgIpc) is 2.26. The molecule has 0 aliphatic rings. The molecule has 5 nitrogen and oxygen atoms in total. The molecule has 0 saturated carbocycles. The number of hydrogen-bond acceptors (Lipinski definition) is 3. The Bertz CT molecular complexity index is 391. The molecule has 0 saturated heterocycles. The summed E-state index contributed by atoms with van der Waals surface area (Å²) in [5.41, 5.74) is -0.0776. The van der Waals surface area contributed by atoms with Crippen LogP contribution in [0.2, 0.25) is 0 Å². The van der Waals surface area contributed by atoms with E-state index in [0.717, 1.165) is 6.42 Å². The summed E-state index contributed by atoms with van der Waals surface area (Å²) in [6.45, 7) is 6.12. The van der Waals surface area contributed by atoms with E-state index in [9.17, 15) is 9.59 Å². The van der Waals surface area contributed by atoms with Crippen molar-refractivity contribution in [3.8, 4) is 0 Å². The first kappa shape index (κ1) is 12.4. The van der Waals surface area contributed by atoms with Gasteiger partial charge in [0.15, 0.2) is 0 Å². The van der Waals surface area contributed by atoms with Crippen LogP contribution in [0.4, 0.5) is 0 Å². The van der Waals surface area contributed by atoms with Crippen molar-refractivity contribution in [1.82, 2.24) is 15.5 Å². The van der Waals surface area contributed by atoms with Crippen LogP contribution in [-0.4, -0.2) is 22.1 Å². The zero-order chi connectivity index (χ0) is 12.1. The fourth-order valence-corrected chi connectivity index (χ4v) is 1.45. The molecular formula is C11H17N3O2. The monoisotopic (exact) mass is 223 g/mol. The van der Waals surface area contributed by atoms with Gasteiger partial charge in [-0.25, -0.2) is 5.10 Å². The SMILES string of the molecule is CC[C@H](NC(=O)c1ccc(=O)[nH]n1)C(C)C. The Morgan fingerprint density at radius 3 is 2.62 bits per heavy atom. The van der Waals surface area contributed by atoms with E-state index < -0.39 is 0 Å². The maximum atomic E-state index is 11.7. The first-order chi connectivity index (χ1) is 7.54. The second-order valence-corrected chi connectivity index (χ2v) is 4.04. The summed E-state index contributed by atoms with van der Waals surface area (Å²) in [5.74, 6) is 0.119. The van der Waals surface area contributed by atoms with Crippen molar-refractivity contribution < 1.29 is 4.79 Å². The Morgan fingerprint density at radius 2 is 2.19 bits per heavy atom. The third-order valence-corrected chi connectivity index (χ3v) is 2.47. The summed E-state index contributed by atoms with van der Waals surface area (Å²) < 4.78 is 0. The zero-order valence-corrected chi connectivity index (χ0v) is 9.78.